The number of hydrogen-bond donors (Lipinski definition) is 0. The molecule has 3 aliphatic rings. The van der Waals surface area contributed by atoms with E-state index in [2.05, 4.69) is 22.9 Å². The molecule has 1 aromatic heterocycles. The Bertz CT molecular complexity index is 1380. The number of carbonyl (C=O) groups is 1. The number of sulfonamides is 1. The van der Waals surface area contributed by atoms with Gasteiger partial charge in [-0.1, -0.05) is 6.07 Å². The van der Waals surface area contributed by atoms with Gasteiger partial charge in [0.15, 0.2) is 9.84 Å². The van der Waals surface area contributed by atoms with Crippen LogP contribution in [0, 0.1) is 6.92 Å². The number of nitrogens with zero attached hydrogens (tertiary/aromatic N) is 4. The van der Waals surface area contributed by atoms with Gasteiger partial charge in [0.2, 0.25) is 10.0 Å². The number of aryl methyl sites for hydroxylation is 1. The van der Waals surface area contributed by atoms with Gasteiger partial charge in [-0.2, -0.15) is 0 Å². The van der Waals surface area contributed by atoms with Crippen molar-refractivity contribution in [1.29, 1.82) is 0 Å². The summed E-state index contributed by atoms with van der Waals surface area (Å²) < 4.78 is 51.0. The molecule has 0 N–H and O–H groups in total. The van der Waals surface area contributed by atoms with E-state index in [0.29, 0.717) is 45.1 Å². The van der Waals surface area contributed by atoms with Crippen LogP contribution in [0.15, 0.2) is 35.4 Å². The van der Waals surface area contributed by atoms with Crippen molar-refractivity contribution in [3.63, 3.8) is 0 Å². The Morgan fingerprint density at radius 1 is 1.06 bits per heavy atom. The van der Waals surface area contributed by atoms with Crippen molar-refractivity contribution < 1.29 is 21.6 Å². The van der Waals surface area contributed by atoms with Crippen molar-refractivity contribution in [2.24, 2.45) is 0 Å². The molecular weight excluding hydrogens is 488 g/mol. The van der Waals surface area contributed by atoms with Gasteiger partial charge in [-0.25, -0.2) is 21.8 Å². The molecule has 1 saturated carbocycles. The van der Waals surface area contributed by atoms with Gasteiger partial charge in [0.1, 0.15) is 5.82 Å². The first-order chi connectivity index (χ1) is 16.5. The maximum Gasteiger partial charge on any atom is 0.255 e. The second kappa shape index (κ2) is 8.77. The molecule has 5 rings (SSSR count). The highest BCUT2D eigenvalue weighted by Gasteiger charge is 2.32. The number of hydrogen-bond acceptors (Lipinski definition) is 7. The lowest BCUT2D eigenvalue weighted by Crippen LogP contribution is -2.49. The van der Waals surface area contributed by atoms with Gasteiger partial charge in [-0.15, -0.1) is 0 Å². The van der Waals surface area contributed by atoms with Crippen LogP contribution in [0.3, 0.4) is 0 Å². The van der Waals surface area contributed by atoms with E-state index in [9.17, 15) is 21.6 Å². The third-order valence-corrected chi connectivity index (χ3v) is 9.98. The number of amides is 1. The number of sulfone groups is 1. The van der Waals surface area contributed by atoms with Gasteiger partial charge in [0, 0.05) is 45.2 Å². The first kappa shape index (κ1) is 24.1. The largest absolute Gasteiger partial charge is 0.353 e. The van der Waals surface area contributed by atoms with Crippen molar-refractivity contribution in [3.8, 4) is 0 Å². The Labute approximate surface area is 206 Å². The molecule has 0 radical (unpaired) electrons. The van der Waals surface area contributed by atoms with Crippen LogP contribution in [0.5, 0.6) is 0 Å². The predicted octanol–water partition coefficient (Wildman–Crippen LogP) is 2.17. The number of aromatic nitrogens is 1. The summed E-state index contributed by atoms with van der Waals surface area (Å²) in [4.78, 5) is 21.7. The van der Waals surface area contributed by atoms with Crippen molar-refractivity contribution >= 4 is 37.3 Å². The molecule has 3 fully saturated rings. The Kier molecular flexibility index (Phi) is 6.03. The average Bonchev–Trinajstić information content (AvgIpc) is 3.60. The van der Waals surface area contributed by atoms with Crippen LogP contribution in [0.2, 0.25) is 0 Å². The van der Waals surface area contributed by atoms with Crippen LogP contribution in [0.1, 0.15) is 46.7 Å². The quantitative estimate of drug-likeness (QED) is 0.597. The smallest absolute Gasteiger partial charge is 0.255 e. The third-order valence-electron chi connectivity index (χ3n) is 6.97. The second-order valence-electron chi connectivity index (χ2n) is 9.66. The molecule has 1 aliphatic carbocycles. The Hall–Kier alpha value is -2.66. The average molecular weight is 519 g/mol. The number of benzene rings is 1. The minimum atomic E-state index is -3.76. The lowest BCUT2D eigenvalue weighted by Gasteiger charge is -2.36. The van der Waals surface area contributed by atoms with Crippen molar-refractivity contribution in [1.82, 2.24) is 9.88 Å². The number of anilines is 2. The highest BCUT2D eigenvalue weighted by atomic mass is 32.2. The summed E-state index contributed by atoms with van der Waals surface area (Å²) in [6.45, 7) is 4.44. The van der Waals surface area contributed by atoms with Crippen LogP contribution >= 0.6 is 0 Å². The van der Waals surface area contributed by atoms with E-state index in [1.54, 1.807) is 4.90 Å². The Morgan fingerprint density at radius 2 is 1.77 bits per heavy atom. The van der Waals surface area contributed by atoms with Crippen LogP contribution in [-0.2, 0) is 19.9 Å². The highest BCUT2D eigenvalue weighted by molar-refractivity contribution is 7.93. The SMILES string of the molecule is Cc1cc(C2CC2)cnc1N1CCN(C(=O)c2ccc(N3CCCS3(=O)=O)cc2S(C)(=O)=O)CC1. The van der Waals surface area contributed by atoms with Gasteiger partial charge in [-0.05, 0) is 61.4 Å². The van der Waals surface area contributed by atoms with E-state index in [-0.39, 0.29) is 27.8 Å². The minimum absolute atomic E-state index is 0.0316. The number of pyridine rings is 1. The molecule has 2 aromatic rings. The normalized spacial score (nSPS) is 20.3. The molecule has 188 valence electrons. The highest BCUT2D eigenvalue weighted by Crippen LogP contribution is 2.40. The van der Waals surface area contributed by atoms with Gasteiger partial charge in [0.05, 0.1) is 21.9 Å². The molecule has 0 unspecified atom stereocenters. The van der Waals surface area contributed by atoms with Crippen molar-refractivity contribution in [3.05, 3.63) is 47.2 Å². The summed E-state index contributed by atoms with van der Waals surface area (Å²) in [5.74, 6) is 1.24. The second-order valence-corrected chi connectivity index (χ2v) is 13.7. The van der Waals surface area contributed by atoms with E-state index < -0.39 is 19.9 Å². The lowest BCUT2D eigenvalue weighted by atomic mass is 10.1. The molecular formula is C24H30N4O5S2. The Morgan fingerprint density at radius 3 is 2.34 bits per heavy atom. The maximum absolute atomic E-state index is 13.4. The van der Waals surface area contributed by atoms with Crippen LogP contribution in [-0.4, -0.2) is 77.4 Å². The molecule has 0 atom stereocenters. The molecule has 11 heteroatoms. The molecule has 0 bridgehead atoms. The van der Waals surface area contributed by atoms with Crippen LogP contribution in [0.4, 0.5) is 11.5 Å². The summed E-state index contributed by atoms with van der Waals surface area (Å²) in [5, 5.41) is 0. The zero-order chi connectivity index (χ0) is 25.0. The summed E-state index contributed by atoms with van der Waals surface area (Å²) in [6, 6.07) is 6.49. The standard InChI is InChI=1S/C24H30N4O5S2/c1-17-14-19(18-4-5-18)16-25-23(17)26-9-11-27(12-10-26)24(29)21-7-6-20(15-22(21)34(2,30)31)28-8-3-13-35(28,32)33/h6-7,14-16,18H,3-5,8-13H2,1-2H3. The number of piperazine rings is 1. The molecule has 35 heavy (non-hydrogen) atoms. The summed E-state index contributed by atoms with van der Waals surface area (Å²) in [5.41, 5.74) is 2.77. The number of rotatable bonds is 5. The number of carbonyl (C=O) groups excluding carboxylic acids is 1. The first-order valence-electron chi connectivity index (χ1n) is 11.9. The molecule has 2 saturated heterocycles. The summed E-state index contributed by atoms with van der Waals surface area (Å²) in [6.07, 6.45) is 5.94. The minimum Gasteiger partial charge on any atom is -0.353 e. The van der Waals surface area contributed by atoms with Crippen LogP contribution < -0.4 is 9.21 Å². The van der Waals surface area contributed by atoms with Gasteiger partial charge >= 0.3 is 0 Å². The van der Waals surface area contributed by atoms with E-state index in [0.717, 1.165) is 17.6 Å². The zero-order valence-electron chi connectivity index (χ0n) is 20.0. The third kappa shape index (κ3) is 4.75. The zero-order valence-corrected chi connectivity index (χ0v) is 21.6. The van der Waals surface area contributed by atoms with E-state index in [1.807, 2.05) is 6.20 Å². The van der Waals surface area contributed by atoms with Crippen LogP contribution in [0.25, 0.3) is 0 Å². The fraction of sp³-hybridized carbons (Fsp3) is 0.500. The topological polar surface area (TPSA) is 108 Å². The van der Waals surface area contributed by atoms with Gasteiger partial charge in [-0.3, -0.25) is 9.10 Å². The summed E-state index contributed by atoms with van der Waals surface area (Å²) >= 11 is 0. The fourth-order valence-electron chi connectivity index (χ4n) is 4.93. The van der Waals surface area contributed by atoms with Gasteiger partial charge in [0.25, 0.3) is 5.91 Å². The van der Waals surface area contributed by atoms with E-state index >= 15 is 0 Å². The molecule has 2 aliphatic heterocycles. The molecule has 1 amide bonds. The summed E-state index contributed by atoms with van der Waals surface area (Å²) in [7, 11) is -7.23. The first-order valence-corrected chi connectivity index (χ1v) is 15.4. The van der Waals surface area contributed by atoms with Crippen molar-refractivity contribution in [2.45, 2.75) is 37.0 Å². The van der Waals surface area contributed by atoms with Gasteiger partial charge < -0.3 is 9.80 Å². The van der Waals surface area contributed by atoms with E-state index in [1.165, 1.54) is 40.9 Å². The molecule has 9 nitrogen and oxygen atoms in total. The maximum atomic E-state index is 13.4. The molecule has 1 aromatic carbocycles. The molecule has 3 heterocycles. The van der Waals surface area contributed by atoms with Crippen molar-refractivity contribution in [2.75, 3.05) is 53.9 Å². The Balaban J connectivity index is 1.34. The fourth-order valence-corrected chi connectivity index (χ4v) is 7.38. The van der Waals surface area contributed by atoms with E-state index in [4.69, 9.17) is 0 Å². The monoisotopic (exact) mass is 518 g/mol. The lowest BCUT2D eigenvalue weighted by molar-refractivity contribution is 0.0742. The predicted molar refractivity (Wildman–Crippen MR) is 134 cm³/mol. The molecule has 0 spiro atoms.